The minimum atomic E-state index is 0.605. The molecule has 3 rings (SSSR count). The van der Waals surface area contributed by atoms with Crippen LogP contribution in [0.5, 0.6) is 0 Å². The van der Waals surface area contributed by atoms with Crippen molar-refractivity contribution in [1.82, 2.24) is 24.7 Å². The zero-order valence-corrected chi connectivity index (χ0v) is 12.3. The Balaban J connectivity index is 1.83. The summed E-state index contributed by atoms with van der Waals surface area (Å²) in [6.45, 7) is 5.14. The summed E-state index contributed by atoms with van der Waals surface area (Å²) in [5.74, 6) is 1.48. The number of rotatable bonds is 5. The Bertz CT molecular complexity index is 696. The quantitative estimate of drug-likeness (QED) is 0.782. The van der Waals surface area contributed by atoms with Crippen LogP contribution in [0.25, 0.3) is 11.5 Å². The van der Waals surface area contributed by atoms with E-state index in [4.69, 9.17) is 0 Å². The Hall–Kier alpha value is -2.43. The van der Waals surface area contributed by atoms with Crippen LogP contribution in [-0.4, -0.2) is 24.7 Å². The molecule has 0 atom stereocenters. The molecule has 3 aromatic rings. The van der Waals surface area contributed by atoms with Crippen molar-refractivity contribution in [1.29, 1.82) is 0 Å². The molecule has 0 aliphatic carbocycles. The molecule has 21 heavy (non-hydrogen) atoms. The summed E-state index contributed by atoms with van der Waals surface area (Å²) in [6, 6.07) is 6.09. The number of imidazole rings is 1. The topological polar surface area (TPSA) is 59.4 Å². The number of hydrogen-bond acceptors (Lipinski definition) is 3. The molecule has 0 aliphatic rings. The number of pyridine rings is 1. The first kappa shape index (κ1) is 13.5. The molecule has 3 aromatic heterocycles. The minimum absolute atomic E-state index is 0.605. The van der Waals surface area contributed by atoms with Gasteiger partial charge in [0.05, 0.1) is 6.54 Å². The van der Waals surface area contributed by atoms with Crippen LogP contribution in [-0.2, 0) is 13.0 Å². The van der Waals surface area contributed by atoms with Gasteiger partial charge in [0, 0.05) is 30.5 Å². The second-order valence-electron chi connectivity index (χ2n) is 5.62. The first-order valence-corrected chi connectivity index (χ1v) is 7.17. The van der Waals surface area contributed by atoms with Gasteiger partial charge in [0.2, 0.25) is 0 Å². The molecular weight excluding hydrogens is 262 g/mol. The number of aromatic nitrogens is 5. The average Bonchev–Trinajstić information content (AvgIpc) is 3.08. The molecule has 0 unspecified atom stereocenters. The Kier molecular flexibility index (Phi) is 3.81. The van der Waals surface area contributed by atoms with Gasteiger partial charge in [-0.3, -0.25) is 10.1 Å². The van der Waals surface area contributed by atoms with Gasteiger partial charge in [-0.1, -0.05) is 19.9 Å². The van der Waals surface area contributed by atoms with E-state index in [0.717, 1.165) is 35.7 Å². The highest BCUT2D eigenvalue weighted by atomic mass is 15.2. The number of nitrogens with one attached hydrogen (secondary N) is 1. The van der Waals surface area contributed by atoms with E-state index in [1.54, 1.807) is 6.20 Å². The lowest BCUT2D eigenvalue weighted by molar-refractivity contribution is 0.633. The van der Waals surface area contributed by atoms with Crippen molar-refractivity contribution in [3.63, 3.8) is 0 Å². The number of H-pyrrole nitrogens is 1. The van der Waals surface area contributed by atoms with Crippen LogP contribution in [0.2, 0.25) is 0 Å². The third-order valence-electron chi connectivity index (χ3n) is 3.28. The lowest BCUT2D eigenvalue weighted by Crippen LogP contribution is -2.01. The smallest absolute Gasteiger partial charge is 0.160 e. The maximum atomic E-state index is 4.44. The lowest BCUT2D eigenvalue weighted by Gasteiger charge is -2.05. The minimum Gasteiger partial charge on any atom is -0.325 e. The van der Waals surface area contributed by atoms with Gasteiger partial charge in [0.25, 0.3) is 0 Å². The highest BCUT2D eigenvalue weighted by Gasteiger charge is 2.11. The molecule has 0 spiro atoms. The highest BCUT2D eigenvalue weighted by Crippen LogP contribution is 2.18. The molecule has 0 saturated carbocycles. The van der Waals surface area contributed by atoms with E-state index < -0.39 is 0 Å². The summed E-state index contributed by atoms with van der Waals surface area (Å²) in [5, 5.41) is 7.49. The second-order valence-corrected chi connectivity index (χ2v) is 5.62. The van der Waals surface area contributed by atoms with E-state index in [9.17, 15) is 0 Å². The normalized spacial score (nSPS) is 11.2. The van der Waals surface area contributed by atoms with Crippen molar-refractivity contribution in [3.05, 3.63) is 54.2 Å². The highest BCUT2D eigenvalue weighted by molar-refractivity contribution is 5.50. The fourth-order valence-corrected chi connectivity index (χ4v) is 2.38. The van der Waals surface area contributed by atoms with E-state index in [-0.39, 0.29) is 0 Å². The summed E-state index contributed by atoms with van der Waals surface area (Å²) >= 11 is 0. The molecule has 0 fully saturated rings. The third-order valence-corrected chi connectivity index (χ3v) is 3.28. The molecule has 108 valence electrons. The van der Waals surface area contributed by atoms with Crippen molar-refractivity contribution in [2.45, 2.75) is 26.8 Å². The van der Waals surface area contributed by atoms with Gasteiger partial charge in [-0.15, -0.1) is 0 Å². The van der Waals surface area contributed by atoms with Gasteiger partial charge in [-0.25, -0.2) is 4.98 Å². The molecular formula is C16H19N5. The Morgan fingerprint density at radius 1 is 1.29 bits per heavy atom. The lowest BCUT2D eigenvalue weighted by atomic mass is 10.1. The molecule has 0 amide bonds. The van der Waals surface area contributed by atoms with E-state index in [0.29, 0.717) is 5.92 Å². The SMILES string of the molecule is CC(C)Cc1cc(-c2nccn2Cc2cccnc2)n[nH]1. The Morgan fingerprint density at radius 2 is 2.19 bits per heavy atom. The molecule has 0 aliphatic heterocycles. The molecule has 0 bridgehead atoms. The molecule has 0 aromatic carbocycles. The predicted molar refractivity (Wildman–Crippen MR) is 81.7 cm³/mol. The van der Waals surface area contributed by atoms with Crippen LogP contribution in [0.3, 0.4) is 0 Å². The number of nitrogens with zero attached hydrogens (tertiary/aromatic N) is 4. The van der Waals surface area contributed by atoms with E-state index in [1.807, 2.05) is 24.7 Å². The van der Waals surface area contributed by atoms with Gasteiger partial charge in [0.15, 0.2) is 5.82 Å². The summed E-state index contributed by atoms with van der Waals surface area (Å²) in [6.07, 6.45) is 8.43. The molecule has 1 N–H and O–H groups in total. The maximum Gasteiger partial charge on any atom is 0.160 e. The first-order chi connectivity index (χ1) is 10.2. The van der Waals surface area contributed by atoms with E-state index >= 15 is 0 Å². The fraction of sp³-hybridized carbons (Fsp3) is 0.312. The van der Waals surface area contributed by atoms with Crippen molar-refractivity contribution in [2.24, 2.45) is 5.92 Å². The van der Waals surface area contributed by atoms with Crippen LogP contribution in [0, 0.1) is 5.92 Å². The van der Waals surface area contributed by atoms with Crippen molar-refractivity contribution >= 4 is 0 Å². The summed E-state index contributed by atoms with van der Waals surface area (Å²) in [4.78, 5) is 8.58. The number of aromatic amines is 1. The van der Waals surface area contributed by atoms with Crippen LogP contribution in [0.15, 0.2) is 43.0 Å². The van der Waals surface area contributed by atoms with Gasteiger partial charge in [0.1, 0.15) is 5.69 Å². The third kappa shape index (κ3) is 3.18. The van der Waals surface area contributed by atoms with Crippen molar-refractivity contribution in [3.8, 4) is 11.5 Å². The monoisotopic (exact) mass is 281 g/mol. The first-order valence-electron chi connectivity index (χ1n) is 7.17. The van der Waals surface area contributed by atoms with Crippen LogP contribution >= 0.6 is 0 Å². The Morgan fingerprint density at radius 3 is 2.95 bits per heavy atom. The molecule has 0 radical (unpaired) electrons. The molecule has 5 heteroatoms. The number of hydrogen-bond donors (Lipinski definition) is 1. The van der Waals surface area contributed by atoms with Gasteiger partial charge >= 0.3 is 0 Å². The second kappa shape index (κ2) is 5.91. The zero-order valence-electron chi connectivity index (χ0n) is 12.3. The maximum absolute atomic E-state index is 4.44. The van der Waals surface area contributed by atoms with Gasteiger partial charge < -0.3 is 4.57 Å². The Labute approximate surface area is 124 Å². The van der Waals surface area contributed by atoms with Gasteiger partial charge in [-0.05, 0) is 30.0 Å². The van der Waals surface area contributed by atoms with Crippen molar-refractivity contribution < 1.29 is 0 Å². The van der Waals surface area contributed by atoms with Crippen LogP contribution in [0.4, 0.5) is 0 Å². The van der Waals surface area contributed by atoms with E-state index in [2.05, 4.69) is 50.7 Å². The molecule has 5 nitrogen and oxygen atoms in total. The van der Waals surface area contributed by atoms with Crippen LogP contribution in [0.1, 0.15) is 25.1 Å². The van der Waals surface area contributed by atoms with Crippen molar-refractivity contribution in [2.75, 3.05) is 0 Å². The molecule has 3 heterocycles. The summed E-state index contributed by atoms with van der Waals surface area (Å²) in [7, 11) is 0. The predicted octanol–water partition coefficient (Wildman–Crippen LogP) is 2.92. The summed E-state index contributed by atoms with van der Waals surface area (Å²) < 4.78 is 2.09. The standard InChI is InChI=1S/C16H19N5/c1-12(2)8-14-9-15(20-19-14)16-18-6-7-21(16)11-13-4-3-5-17-10-13/h3-7,9-10,12H,8,11H2,1-2H3,(H,19,20). The van der Waals surface area contributed by atoms with Crippen LogP contribution < -0.4 is 0 Å². The summed E-state index contributed by atoms with van der Waals surface area (Å²) in [5.41, 5.74) is 3.19. The average molecular weight is 281 g/mol. The largest absolute Gasteiger partial charge is 0.325 e. The zero-order chi connectivity index (χ0) is 14.7. The molecule has 0 saturated heterocycles. The fourth-order valence-electron chi connectivity index (χ4n) is 2.38. The van der Waals surface area contributed by atoms with E-state index in [1.165, 1.54) is 0 Å². The van der Waals surface area contributed by atoms with Gasteiger partial charge in [-0.2, -0.15) is 5.10 Å².